The van der Waals surface area contributed by atoms with E-state index in [4.69, 9.17) is 14.2 Å². The van der Waals surface area contributed by atoms with Gasteiger partial charge in [-0.05, 0) is 39.2 Å². The zero-order valence-electron chi connectivity index (χ0n) is 22.5. The molecule has 0 saturated carbocycles. The average Bonchev–Trinajstić information content (AvgIpc) is 2.80. The predicted molar refractivity (Wildman–Crippen MR) is 136 cm³/mol. The number of ether oxygens (including phenoxy) is 3. The highest BCUT2D eigenvalue weighted by molar-refractivity contribution is 5.91. The van der Waals surface area contributed by atoms with E-state index < -0.39 is 42.3 Å². The fraction of sp³-hybridized carbons (Fsp3) is 0.714. The minimum absolute atomic E-state index is 0.0151. The lowest BCUT2D eigenvalue weighted by Crippen LogP contribution is -2.63. The molecule has 0 radical (unpaired) electrons. The molecule has 2 rings (SSSR count). The minimum Gasteiger partial charge on any atom is -0.459 e. The van der Waals surface area contributed by atoms with Crippen molar-refractivity contribution in [3.05, 3.63) is 36.5 Å². The SMILES string of the molecule is C[C@@H]1C[C@](O)([C@H](C)O)[C@@H](O)[C@H](O[C@@H]2[C@@H](C)/C=C/C(=O)O[C@H](C)[C@@H](C)/C=C/C=C/C(=O)[C@H](C)C[C@@H]2C)O1. The molecule has 204 valence electrons. The van der Waals surface area contributed by atoms with Gasteiger partial charge in [0.05, 0.1) is 18.3 Å². The van der Waals surface area contributed by atoms with Crippen molar-refractivity contribution in [1.82, 2.24) is 0 Å². The van der Waals surface area contributed by atoms with E-state index in [1.807, 2.05) is 40.7 Å². The Morgan fingerprint density at radius 1 is 1.03 bits per heavy atom. The highest BCUT2D eigenvalue weighted by Crippen LogP contribution is 2.35. The van der Waals surface area contributed by atoms with Crippen molar-refractivity contribution < 1.29 is 39.1 Å². The number of ketones is 1. The van der Waals surface area contributed by atoms with Crippen molar-refractivity contribution in [2.45, 2.75) is 104 Å². The van der Waals surface area contributed by atoms with Gasteiger partial charge in [-0.1, -0.05) is 52.0 Å². The predicted octanol–water partition coefficient (Wildman–Crippen LogP) is 3.10. The second kappa shape index (κ2) is 13.1. The maximum atomic E-state index is 12.7. The number of carbonyl (C=O) groups is 2. The van der Waals surface area contributed by atoms with Gasteiger partial charge in [0.25, 0.3) is 0 Å². The van der Waals surface area contributed by atoms with Gasteiger partial charge in [0.2, 0.25) is 0 Å². The first-order valence-electron chi connectivity index (χ1n) is 12.9. The smallest absolute Gasteiger partial charge is 0.330 e. The van der Waals surface area contributed by atoms with Crippen LogP contribution in [0.3, 0.4) is 0 Å². The zero-order chi connectivity index (χ0) is 27.2. The summed E-state index contributed by atoms with van der Waals surface area (Å²) in [7, 11) is 0. The van der Waals surface area contributed by atoms with Crippen LogP contribution in [0, 0.1) is 23.7 Å². The van der Waals surface area contributed by atoms with Crippen LogP contribution in [0.4, 0.5) is 0 Å². The van der Waals surface area contributed by atoms with Gasteiger partial charge in [0, 0.05) is 30.3 Å². The van der Waals surface area contributed by atoms with Crippen molar-refractivity contribution in [2.75, 3.05) is 0 Å². The van der Waals surface area contributed by atoms with Gasteiger partial charge in [-0.3, -0.25) is 4.79 Å². The number of aliphatic hydroxyl groups is 3. The van der Waals surface area contributed by atoms with Crippen LogP contribution in [0.1, 0.15) is 61.3 Å². The summed E-state index contributed by atoms with van der Waals surface area (Å²) in [6.45, 7) is 12.6. The molecule has 0 aromatic carbocycles. The molecular weight excluding hydrogens is 464 g/mol. The Morgan fingerprint density at radius 2 is 1.69 bits per heavy atom. The summed E-state index contributed by atoms with van der Waals surface area (Å²) >= 11 is 0. The van der Waals surface area contributed by atoms with Gasteiger partial charge in [0.1, 0.15) is 17.8 Å². The second-order valence-electron chi connectivity index (χ2n) is 10.7. The third-order valence-electron chi connectivity index (χ3n) is 7.42. The van der Waals surface area contributed by atoms with Crippen LogP contribution < -0.4 is 0 Å². The van der Waals surface area contributed by atoms with E-state index >= 15 is 0 Å². The molecule has 11 atom stereocenters. The Labute approximate surface area is 215 Å². The maximum absolute atomic E-state index is 12.7. The van der Waals surface area contributed by atoms with Gasteiger partial charge >= 0.3 is 5.97 Å². The molecule has 1 saturated heterocycles. The van der Waals surface area contributed by atoms with E-state index in [2.05, 4.69) is 0 Å². The molecule has 3 N–H and O–H groups in total. The van der Waals surface area contributed by atoms with Crippen molar-refractivity contribution >= 4 is 11.8 Å². The number of aliphatic hydroxyl groups excluding tert-OH is 2. The van der Waals surface area contributed by atoms with Crippen LogP contribution in [-0.2, 0) is 23.8 Å². The Hall–Kier alpha value is -1.84. The van der Waals surface area contributed by atoms with Crippen molar-refractivity contribution in [3.63, 3.8) is 0 Å². The summed E-state index contributed by atoms with van der Waals surface area (Å²) in [4.78, 5) is 25.2. The van der Waals surface area contributed by atoms with E-state index in [-0.39, 0.29) is 42.0 Å². The van der Waals surface area contributed by atoms with E-state index in [0.29, 0.717) is 6.42 Å². The molecule has 0 spiro atoms. The summed E-state index contributed by atoms with van der Waals surface area (Å²) in [5.74, 6) is -1.31. The quantitative estimate of drug-likeness (QED) is 0.497. The first-order valence-corrected chi connectivity index (χ1v) is 12.9. The van der Waals surface area contributed by atoms with Crippen molar-refractivity contribution in [2.24, 2.45) is 23.7 Å². The normalized spacial score (nSPS) is 44.9. The first-order chi connectivity index (χ1) is 16.8. The molecule has 0 aromatic rings. The maximum Gasteiger partial charge on any atom is 0.330 e. The number of rotatable bonds is 3. The van der Waals surface area contributed by atoms with Gasteiger partial charge in [-0.2, -0.15) is 0 Å². The van der Waals surface area contributed by atoms with Crippen molar-refractivity contribution in [3.8, 4) is 0 Å². The average molecular weight is 509 g/mol. The molecule has 0 aromatic heterocycles. The van der Waals surface area contributed by atoms with Crippen LogP contribution in [0.2, 0.25) is 0 Å². The number of allylic oxidation sites excluding steroid dienone is 3. The molecule has 8 heteroatoms. The largest absolute Gasteiger partial charge is 0.459 e. The van der Waals surface area contributed by atoms with Crippen LogP contribution >= 0.6 is 0 Å². The summed E-state index contributed by atoms with van der Waals surface area (Å²) < 4.78 is 17.6. The van der Waals surface area contributed by atoms with Gasteiger partial charge in [-0.25, -0.2) is 4.79 Å². The first kappa shape index (κ1) is 30.4. The summed E-state index contributed by atoms with van der Waals surface area (Å²) in [5, 5.41) is 32.0. The number of hydrogen-bond acceptors (Lipinski definition) is 8. The lowest BCUT2D eigenvalue weighted by molar-refractivity contribution is -0.322. The fourth-order valence-electron chi connectivity index (χ4n) is 4.81. The number of hydrogen-bond donors (Lipinski definition) is 3. The van der Waals surface area contributed by atoms with Crippen LogP contribution in [0.25, 0.3) is 0 Å². The topological polar surface area (TPSA) is 123 Å². The molecule has 8 nitrogen and oxygen atoms in total. The lowest BCUT2D eigenvalue weighted by Gasteiger charge is -2.47. The highest BCUT2D eigenvalue weighted by atomic mass is 16.7. The van der Waals surface area contributed by atoms with Gasteiger partial charge < -0.3 is 29.5 Å². The monoisotopic (exact) mass is 508 g/mol. The number of cyclic esters (lactones) is 1. The molecule has 2 aliphatic heterocycles. The Kier molecular flexibility index (Phi) is 11.1. The molecule has 36 heavy (non-hydrogen) atoms. The van der Waals surface area contributed by atoms with Crippen molar-refractivity contribution in [1.29, 1.82) is 0 Å². The molecule has 0 amide bonds. The van der Waals surface area contributed by atoms with Gasteiger partial charge in [-0.15, -0.1) is 0 Å². The second-order valence-corrected chi connectivity index (χ2v) is 10.7. The van der Waals surface area contributed by atoms with Gasteiger partial charge in [0.15, 0.2) is 12.1 Å². The molecule has 2 aliphatic rings. The molecule has 0 unspecified atom stereocenters. The fourth-order valence-corrected chi connectivity index (χ4v) is 4.81. The third-order valence-corrected chi connectivity index (χ3v) is 7.42. The Morgan fingerprint density at radius 3 is 2.33 bits per heavy atom. The molecule has 0 bridgehead atoms. The Balaban J connectivity index is 2.35. The van der Waals surface area contributed by atoms with Crippen LogP contribution in [0.5, 0.6) is 0 Å². The molecule has 2 heterocycles. The zero-order valence-corrected chi connectivity index (χ0v) is 22.5. The molecule has 1 fully saturated rings. The van der Waals surface area contributed by atoms with Crippen LogP contribution in [0.15, 0.2) is 36.5 Å². The van der Waals surface area contributed by atoms with Crippen LogP contribution in [-0.4, -0.2) is 69.5 Å². The standard InChI is InChI=1S/C28H44O8/c1-16-10-8-9-11-23(30)18(3)14-19(4)25(17(2)12-13-24(31)35-21(16)6)36-27-26(32)28(33,22(7)29)15-20(5)34-27/h8-13,16-22,25-27,29,32-33H,14-15H2,1-7H3/b10-8+,11-9+,13-12+/t16-,17-,18+,19-,20+,21+,22-,25+,26-,27-,28-/m0/s1. The third kappa shape index (κ3) is 7.83. The summed E-state index contributed by atoms with van der Waals surface area (Å²) in [5.41, 5.74) is -1.79. The Bertz CT molecular complexity index is 833. The molecular formula is C28H44O8. The lowest BCUT2D eigenvalue weighted by atomic mass is 9.82. The number of esters is 1. The number of carbonyl (C=O) groups excluding carboxylic acids is 2. The van der Waals surface area contributed by atoms with E-state index in [9.17, 15) is 24.9 Å². The van der Waals surface area contributed by atoms with E-state index in [1.54, 1.807) is 31.2 Å². The highest BCUT2D eigenvalue weighted by Gasteiger charge is 2.51. The summed E-state index contributed by atoms with van der Waals surface area (Å²) in [6.07, 6.45) is 5.23. The molecule has 0 aliphatic carbocycles. The minimum atomic E-state index is -1.79. The van der Waals surface area contributed by atoms with E-state index in [1.165, 1.54) is 13.0 Å². The van der Waals surface area contributed by atoms with E-state index in [0.717, 1.165) is 0 Å². The summed E-state index contributed by atoms with van der Waals surface area (Å²) in [6, 6.07) is 0.